The van der Waals surface area contributed by atoms with Gasteiger partial charge in [0.1, 0.15) is 0 Å². The van der Waals surface area contributed by atoms with Gasteiger partial charge in [0.25, 0.3) is 5.91 Å². The first kappa shape index (κ1) is 17.4. The molecule has 2 heterocycles. The Morgan fingerprint density at radius 2 is 1.93 bits per heavy atom. The standard InChI is InChI=1S/C21H21NO5/c1-25-17-10-5-8-15(18(17)26-2)19(23)22-12-6-11-21(13-22)16-9-4-3-7-14(16)20(24)27-21/h3-5,7-10H,6,11-13H2,1-2H3. The highest BCUT2D eigenvalue weighted by molar-refractivity contribution is 5.98. The van der Waals surface area contributed by atoms with Crippen LogP contribution in [0.1, 0.15) is 39.1 Å². The monoisotopic (exact) mass is 367 g/mol. The number of hydrogen-bond acceptors (Lipinski definition) is 5. The van der Waals surface area contributed by atoms with Gasteiger partial charge >= 0.3 is 5.97 Å². The molecule has 4 rings (SSSR count). The summed E-state index contributed by atoms with van der Waals surface area (Å²) in [6, 6.07) is 12.7. The van der Waals surface area contributed by atoms with Crippen LogP contribution < -0.4 is 9.47 Å². The summed E-state index contributed by atoms with van der Waals surface area (Å²) in [5.74, 6) is 0.435. The zero-order chi connectivity index (χ0) is 19.0. The number of para-hydroxylation sites is 1. The Morgan fingerprint density at radius 3 is 2.70 bits per heavy atom. The van der Waals surface area contributed by atoms with Crippen LogP contribution in [0.2, 0.25) is 0 Å². The second-order valence-electron chi connectivity index (χ2n) is 6.80. The number of fused-ring (bicyclic) bond motifs is 2. The van der Waals surface area contributed by atoms with E-state index in [2.05, 4.69) is 0 Å². The van der Waals surface area contributed by atoms with E-state index in [1.54, 1.807) is 29.2 Å². The van der Waals surface area contributed by atoms with Gasteiger partial charge in [-0.2, -0.15) is 0 Å². The average molecular weight is 367 g/mol. The van der Waals surface area contributed by atoms with Crippen molar-refractivity contribution >= 4 is 11.9 Å². The molecule has 0 bridgehead atoms. The molecule has 0 saturated carbocycles. The first-order valence-electron chi connectivity index (χ1n) is 8.93. The molecule has 2 aromatic carbocycles. The van der Waals surface area contributed by atoms with E-state index >= 15 is 0 Å². The van der Waals surface area contributed by atoms with Gasteiger partial charge in [0, 0.05) is 12.1 Å². The summed E-state index contributed by atoms with van der Waals surface area (Å²) in [5.41, 5.74) is 1.12. The Kier molecular flexibility index (Phi) is 4.26. The summed E-state index contributed by atoms with van der Waals surface area (Å²) in [6.07, 6.45) is 1.45. The topological polar surface area (TPSA) is 65.1 Å². The van der Waals surface area contributed by atoms with E-state index in [1.807, 2.05) is 18.2 Å². The normalized spacial score (nSPS) is 21.0. The van der Waals surface area contributed by atoms with Crippen molar-refractivity contribution in [2.45, 2.75) is 18.4 Å². The SMILES string of the molecule is COc1cccc(C(=O)N2CCCC3(C2)OC(=O)c2ccccc23)c1OC. The molecule has 6 heteroatoms. The third-order valence-electron chi connectivity index (χ3n) is 5.30. The fraction of sp³-hybridized carbons (Fsp3) is 0.333. The lowest BCUT2D eigenvalue weighted by atomic mass is 9.85. The number of carbonyl (C=O) groups is 2. The van der Waals surface area contributed by atoms with E-state index in [9.17, 15) is 9.59 Å². The number of methoxy groups -OCH3 is 2. The van der Waals surface area contributed by atoms with Gasteiger partial charge in [-0.05, 0) is 31.0 Å². The van der Waals surface area contributed by atoms with Gasteiger partial charge in [-0.15, -0.1) is 0 Å². The molecule has 27 heavy (non-hydrogen) atoms. The van der Waals surface area contributed by atoms with Crippen molar-refractivity contribution in [1.29, 1.82) is 0 Å². The van der Waals surface area contributed by atoms with Crippen LogP contribution in [-0.2, 0) is 10.3 Å². The molecular formula is C21H21NO5. The lowest BCUT2D eigenvalue weighted by molar-refractivity contribution is -0.0442. The van der Waals surface area contributed by atoms with Gasteiger partial charge in [-0.25, -0.2) is 4.79 Å². The van der Waals surface area contributed by atoms with E-state index < -0.39 is 5.60 Å². The summed E-state index contributed by atoms with van der Waals surface area (Å²) in [4.78, 5) is 27.3. The summed E-state index contributed by atoms with van der Waals surface area (Å²) >= 11 is 0. The molecule has 0 aromatic heterocycles. The fourth-order valence-corrected chi connectivity index (χ4v) is 4.07. The van der Waals surface area contributed by atoms with Crippen LogP contribution in [0.4, 0.5) is 0 Å². The number of esters is 1. The molecular weight excluding hydrogens is 346 g/mol. The zero-order valence-corrected chi connectivity index (χ0v) is 15.4. The zero-order valence-electron chi connectivity index (χ0n) is 15.4. The smallest absolute Gasteiger partial charge is 0.339 e. The first-order chi connectivity index (χ1) is 13.1. The maximum Gasteiger partial charge on any atom is 0.339 e. The number of nitrogens with zero attached hydrogens (tertiary/aromatic N) is 1. The number of carbonyl (C=O) groups excluding carboxylic acids is 2. The lowest BCUT2D eigenvalue weighted by Crippen LogP contribution is -2.48. The molecule has 1 saturated heterocycles. The van der Waals surface area contributed by atoms with E-state index in [4.69, 9.17) is 14.2 Å². The second kappa shape index (κ2) is 6.61. The number of amides is 1. The molecule has 1 amide bonds. The molecule has 6 nitrogen and oxygen atoms in total. The first-order valence-corrected chi connectivity index (χ1v) is 8.93. The van der Waals surface area contributed by atoms with Gasteiger partial charge < -0.3 is 19.1 Å². The van der Waals surface area contributed by atoms with E-state index in [0.29, 0.717) is 42.1 Å². The van der Waals surface area contributed by atoms with Crippen molar-refractivity contribution in [2.75, 3.05) is 27.3 Å². The maximum atomic E-state index is 13.2. The number of hydrogen-bond donors (Lipinski definition) is 0. The van der Waals surface area contributed by atoms with Crippen molar-refractivity contribution in [1.82, 2.24) is 4.90 Å². The predicted molar refractivity (Wildman–Crippen MR) is 98.2 cm³/mol. The Labute approximate surface area is 157 Å². The van der Waals surface area contributed by atoms with Crippen LogP contribution in [-0.4, -0.2) is 44.1 Å². The third-order valence-corrected chi connectivity index (χ3v) is 5.30. The van der Waals surface area contributed by atoms with Crippen LogP contribution >= 0.6 is 0 Å². The molecule has 1 spiro atoms. The number of rotatable bonds is 3. The van der Waals surface area contributed by atoms with Crippen molar-refractivity contribution < 1.29 is 23.8 Å². The van der Waals surface area contributed by atoms with Gasteiger partial charge in [0.15, 0.2) is 17.1 Å². The van der Waals surface area contributed by atoms with Crippen molar-refractivity contribution in [2.24, 2.45) is 0 Å². The van der Waals surface area contributed by atoms with E-state index in [0.717, 1.165) is 12.0 Å². The van der Waals surface area contributed by atoms with Crippen molar-refractivity contribution in [3.8, 4) is 11.5 Å². The number of likely N-dealkylation sites (tertiary alicyclic amines) is 1. The van der Waals surface area contributed by atoms with Gasteiger partial charge in [-0.1, -0.05) is 24.3 Å². The Balaban J connectivity index is 1.67. The van der Waals surface area contributed by atoms with Gasteiger partial charge in [0.05, 0.1) is 31.9 Å². The largest absolute Gasteiger partial charge is 0.493 e. The highest BCUT2D eigenvalue weighted by atomic mass is 16.6. The number of ether oxygens (including phenoxy) is 3. The molecule has 140 valence electrons. The van der Waals surface area contributed by atoms with Crippen molar-refractivity contribution in [3.05, 3.63) is 59.2 Å². The van der Waals surface area contributed by atoms with Crippen LogP contribution in [0.5, 0.6) is 11.5 Å². The quantitative estimate of drug-likeness (QED) is 0.781. The molecule has 1 fully saturated rings. The van der Waals surface area contributed by atoms with Gasteiger partial charge in [-0.3, -0.25) is 4.79 Å². The van der Waals surface area contributed by atoms with Crippen LogP contribution in [0, 0.1) is 0 Å². The molecule has 0 radical (unpaired) electrons. The molecule has 1 atom stereocenters. The van der Waals surface area contributed by atoms with Crippen LogP contribution in [0.25, 0.3) is 0 Å². The minimum Gasteiger partial charge on any atom is -0.493 e. The predicted octanol–water partition coefficient (Wildman–Crippen LogP) is 3.01. The summed E-state index contributed by atoms with van der Waals surface area (Å²) in [5, 5.41) is 0. The molecule has 2 aromatic rings. The van der Waals surface area contributed by atoms with Crippen LogP contribution in [0.15, 0.2) is 42.5 Å². The maximum absolute atomic E-state index is 13.2. The molecule has 1 unspecified atom stereocenters. The number of benzene rings is 2. The van der Waals surface area contributed by atoms with Crippen molar-refractivity contribution in [3.63, 3.8) is 0 Å². The molecule has 0 aliphatic carbocycles. The Hall–Kier alpha value is -3.02. The minimum atomic E-state index is -0.770. The summed E-state index contributed by atoms with van der Waals surface area (Å²) in [7, 11) is 3.05. The fourth-order valence-electron chi connectivity index (χ4n) is 4.07. The molecule has 0 N–H and O–H groups in total. The number of piperidine rings is 1. The minimum absolute atomic E-state index is 0.162. The highest BCUT2D eigenvalue weighted by Gasteiger charge is 2.49. The Bertz CT molecular complexity index is 909. The van der Waals surface area contributed by atoms with Gasteiger partial charge in [0.2, 0.25) is 0 Å². The average Bonchev–Trinajstić information content (AvgIpc) is 2.98. The lowest BCUT2D eigenvalue weighted by Gasteiger charge is -2.39. The molecule has 2 aliphatic heterocycles. The summed E-state index contributed by atoms with van der Waals surface area (Å²) < 4.78 is 16.5. The summed E-state index contributed by atoms with van der Waals surface area (Å²) in [6.45, 7) is 0.926. The van der Waals surface area contributed by atoms with E-state index in [-0.39, 0.29) is 11.9 Å². The van der Waals surface area contributed by atoms with E-state index in [1.165, 1.54) is 14.2 Å². The Morgan fingerprint density at radius 1 is 1.11 bits per heavy atom. The third kappa shape index (κ3) is 2.72. The highest BCUT2D eigenvalue weighted by Crippen LogP contribution is 2.43. The molecule has 2 aliphatic rings. The second-order valence-corrected chi connectivity index (χ2v) is 6.80. The van der Waals surface area contributed by atoms with Crippen LogP contribution in [0.3, 0.4) is 0 Å².